The number of nitrogens with zero attached hydrogens (tertiary/aromatic N) is 4. The third-order valence-corrected chi connectivity index (χ3v) is 6.00. The lowest BCUT2D eigenvalue weighted by Crippen LogP contribution is -2.27. The van der Waals surface area contributed by atoms with Gasteiger partial charge in [-0.2, -0.15) is 0 Å². The Morgan fingerprint density at radius 3 is 2.53 bits per heavy atom. The minimum atomic E-state index is -0.254. The summed E-state index contributed by atoms with van der Waals surface area (Å²) in [5.74, 6) is 1.44. The molecule has 2 heterocycles. The van der Waals surface area contributed by atoms with Crippen LogP contribution in [-0.4, -0.2) is 59.1 Å². The summed E-state index contributed by atoms with van der Waals surface area (Å²) < 4.78 is 11.3. The second-order valence-corrected chi connectivity index (χ2v) is 8.40. The summed E-state index contributed by atoms with van der Waals surface area (Å²) in [6.07, 6.45) is 5.11. The van der Waals surface area contributed by atoms with Gasteiger partial charge < -0.3 is 25.0 Å². The highest BCUT2D eigenvalue weighted by Gasteiger charge is 2.13. The molecule has 0 radical (unpaired) electrons. The topological polar surface area (TPSA) is 102 Å². The van der Waals surface area contributed by atoms with Gasteiger partial charge in [-0.1, -0.05) is 13.8 Å². The summed E-state index contributed by atoms with van der Waals surface area (Å²) >= 11 is 0. The molecule has 0 saturated heterocycles. The summed E-state index contributed by atoms with van der Waals surface area (Å²) in [6, 6.07) is 18.1. The molecule has 4 aromatic rings. The molecule has 0 fully saturated rings. The number of hydrogen-bond acceptors (Lipinski definition) is 8. The average molecular weight is 513 g/mol. The molecular weight excluding hydrogens is 480 g/mol. The Hall–Kier alpha value is -4.50. The van der Waals surface area contributed by atoms with E-state index < -0.39 is 0 Å². The van der Waals surface area contributed by atoms with Gasteiger partial charge in [0.05, 0.1) is 18.5 Å². The predicted octanol–water partition coefficient (Wildman–Crippen LogP) is 5.26. The molecule has 0 saturated carbocycles. The highest BCUT2D eigenvalue weighted by atomic mass is 16.5. The average Bonchev–Trinajstić information content (AvgIpc) is 2.97. The molecule has 0 aliphatic heterocycles. The molecule has 2 aromatic heterocycles. The maximum atomic E-state index is 13.0. The van der Waals surface area contributed by atoms with Crippen LogP contribution in [0.15, 0.2) is 79.3 Å². The lowest BCUT2D eigenvalue weighted by molar-refractivity contribution is 0.102. The third-order valence-electron chi connectivity index (χ3n) is 6.00. The highest BCUT2D eigenvalue weighted by Crippen LogP contribution is 2.29. The molecule has 0 unspecified atom stereocenters. The van der Waals surface area contributed by atoms with Gasteiger partial charge in [-0.15, -0.1) is 0 Å². The van der Waals surface area contributed by atoms with Crippen LogP contribution >= 0.6 is 0 Å². The molecule has 0 bridgehead atoms. The van der Waals surface area contributed by atoms with Crippen LogP contribution in [-0.2, 0) is 0 Å². The van der Waals surface area contributed by atoms with E-state index >= 15 is 0 Å². The van der Waals surface area contributed by atoms with Crippen molar-refractivity contribution in [1.29, 1.82) is 0 Å². The summed E-state index contributed by atoms with van der Waals surface area (Å²) in [6.45, 7) is 7.76. The minimum absolute atomic E-state index is 0.254. The van der Waals surface area contributed by atoms with Gasteiger partial charge in [0.1, 0.15) is 18.1 Å². The van der Waals surface area contributed by atoms with Crippen LogP contribution < -0.4 is 20.1 Å². The Balaban J connectivity index is 1.42. The van der Waals surface area contributed by atoms with Crippen molar-refractivity contribution in [3.05, 3.63) is 84.8 Å². The van der Waals surface area contributed by atoms with Crippen molar-refractivity contribution in [3.63, 3.8) is 0 Å². The van der Waals surface area contributed by atoms with Gasteiger partial charge in [0.25, 0.3) is 5.91 Å². The number of rotatable bonds is 12. The molecule has 1 amide bonds. The van der Waals surface area contributed by atoms with E-state index in [2.05, 4.69) is 44.3 Å². The number of carbonyl (C=O) groups excluding carboxylic acids is 1. The van der Waals surface area contributed by atoms with E-state index in [9.17, 15) is 4.79 Å². The Kier molecular flexibility index (Phi) is 9.20. The molecule has 9 nitrogen and oxygen atoms in total. The van der Waals surface area contributed by atoms with Crippen LogP contribution in [0.5, 0.6) is 11.5 Å². The first-order valence-corrected chi connectivity index (χ1v) is 12.5. The van der Waals surface area contributed by atoms with E-state index in [1.807, 2.05) is 42.5 Å². The predicted molar refractivity (Wildman–Crippen MR) is 149 cm³/mol. The van der Waals surface area contributed by atoms with E-state index in [0.29, 0.717) is 35.2 Å². The fraction of sp³-hybridized carbons (Fsp3) is 0.241. The van der Waals surface area contributed by atoms with Crippen LogP contribution in [0.25, 0.3) is 11.3 Å². The van der Waals surface area contributed by atoms with Crippen molar-refractivity contribution >= 4 is 23.2 Å². The van der Waals surface area contributed by atoms with Crippen LogP contribution in [0.3, 0.4) is 0 Å². The second-order valence-electron chi connectivity index (χ2n) is 8.40. The van der Waals surface area contributed by atoms with Gasteiger partial charge in [0.2, 0.25) is 5.95 Å². The Morgan fingerprint density at radius 2 is 1.82 bits per heavy atom. The van der Waals surface area contributed by atoms with Crippen LogP contribution in [0.1, 0.15) is 24.2 Å². The van der Waals surface area contributed by atoms with Crippen LogP contribution in [0.4, 0.5) is 17.3 Å². The van der Waals surface area contributed by atoms with E-state index in [-0.39, 0.29) is 5.91 Å². The first-order chi connectivity index (χ1) is 18.6. The molecule has 196 valence electrons. The molecule has 2 aromatic carbocycles. The minimum Gasteiger partial charge on any atom is -0.495 e. The second kappa shape index (κ2) is 13.2. The van der Waals surface area contributed by atoms with Gasteiger partial charge in [0.15, 0.2) is 0 Å². The van der Waals surface area contributed by atoms with E-state index in [4.69, 9.17) is 9.47 Å². The number of methoxy groups -OCH3 is 1. The van der Waals surface area contributed by atoms with Crippen molar-refractivity contribution in [2.24, 2.45) is 0 Å². The van der Waals surface area contributed by atoms with Crippen molar-refractivity contribution in [1.82, 2.24) is 19.9 Å². The number of carbonyl (C=O) groups is 1. The Morgan fingerprint density at radius 1 is 1.00 bits per heavy atom. The quantitative estimate of drug-likeness (QED) is 0.265. The maximum Gasteiger partial charge on any atom is 0.255 e. The molecular formula is C29H32N6O3. The standard InChI is InChI=1S/C29H32N6O3/c1-4-35(5-2)17-18-38-24-11-9-23(10-12-24)32-28(36)21-8-13-27(37-3)26(19-21)34-29-31-16-14-25(33-29)22-7-6-15-30-20-22/h6-16,19-20H,4-5,17-18H2,1-3H3,(H,32,36)(H,31,33,34). The third kappa shape index (κ3) is 7.04. The van der Waals surface area contributed by atoms with Crippen molar-refractivity contribution in [2.45, 2.75) is 13.8 Å². The molecule has 0 atom stereocenters. The lowest BCUT2D eigenvalue weighted by atomic mass is 10.1. The van der Waals surface area contributed by atoms with Crippen LogP contribution in [0.2, 0.25) is 0 Å². The number of hydrogen-bond donors (Lipinski definition) is 2. The fourth-order valence-electron chi connectivity index (χ4n) is 3.83. The SMILES string of the molecule is CCN(CC)CCOc1ccc(NC(=O)c2ccc(OC)c(Nc3nccc(-c4cccnc4)n3)c2)cc1. The number of pyridine rings is 1. The number of anilines is 3. The normalized spacial score (nSPS) is 10.7. The zero-order chi connectivity index (χ0) is 26.7. The molecule has 0 spiro atoms. The summed E-state index contributed by atoms with van der Waals surface area (Å²) in [5, 5.41) is 6.10. The van der Waals surface area contributed by atoms with E-state index in [1.165, 1.54) is 0 Å². The van der Waals surface area contributed by atoms with Crippen LogP contribution in [0, 0.1) is 0 Å². The summed E-state index contributed by atoms with van der Waals surface area (Å²) in [5.41, 5.74) is 3.29. The maximum absolute atomic E-state index is 13.0. The van der Waals surface area contributed by atoms with E-state index in [1.54, 1.807) is 43.9 Å². The molecule has 0 aliphatic rings. The number of aromatic nitrogens is 3. The molecule has 9 heteroatoms. The first kappa shape index (κ1) is 26.6. The van der Waals surface area contributed by atoms with Crippen molar-refractivity contribution in [2.75, 3.05) is 44.0 Å². The molecule has 2 N–H and O–H groups in total. The zero-order valence-corrected chi connectivity index (χ0v) is 21.8. The number of ether oxygens (including phenoxy) is 2. The lowest BCUT2D eigenvalue weighted by Gasteiger charge is -2.18. The number of nitrogens with one attached hydrogen (secondary N) is 2. The molecule has 38 heavy (non-hydrogen) atoms. The monoisotopic (exact) mass is 512 g/mol. The highest BCUT2D eigenvalue weighted by molar-refractivity contribution is 6.05. The number of benzene rings is 2. The summed E-state index contributed by atoms with van der Waals surface area (Å²) in [7, 11) is 1.57. The zero-order valence-electron chi connectivity index (χ0n) is 21.8. The first-order valence-electron chi connectivity index (χ1n) is 12.5. The van der Waals surface area contributed by atoms with E-state index in [0.717, 1.165) is 36.6 Å². The number of likely N-dealkylation sites (N-methyl/N-ethyl adjacent to an activating group) is 1. The van der Waals surface area contributed by atoms with Gasteiger partial charge in [-0.3, -0.25) is 9.78 Å². The van der Waals surface area contributed by atoms with Gasteiger partial charge in [0, 0.05) is 41.9 Å². The van der Waals surface area contributed by atoms with Gasteiger partial charge in [-0.05, 0) is 73.8 Å². The van der Waals surface area contributed by atoms with Crippen molar-refractivity contribution < 1.29 is 14.3 Å². The van der Waals surface area contributed by atoms with Crippen molar-refractivity contribution in [3.8, 4) is 22.8 Å². The number of amides is 1. The Labute approximate surface area is 222 Å². The molecule has 0 aliphatic carbocycles. The van der Waals surface area contributed by atoms with Gasteiger partial charge >= 0.3 is 0 Å². The summed E-state index contributed by atoms with van der Waals surface area (Å²) in [4.78, 5) is 28.3. The largest absolute Gasteiger partial charge is 0.495 e. The fourth-order valence-corrected chi connectivity index (χ4v) is 3.83. The molecule has 4 rings (SSSR count). The smallest absolute Gasteiger partial charge is 0.255 e. The Bertz CT molecular complexity index is 1330. The van der Waals surface area contributed by atoms with Gasteiger partial charge in [-0.25, -0.2) is 9.97 Å².